The average Bonchev–Trinajstić information content (AvgIpc) is 3.74. The summed E-state index contributed by atoms with van der Waals surface area (Å²) in [6.45, 7) is 1.97. The molecule has 12 heteroatoms. The normalized spacial score (nSPS) is 14.1. The van der Waals surface area contributed by atoms with Crippen molar-refractivity contribution in [3.05, 3.63) is 76.3 Å². The zero-order valence-corrected chi connectivity index (χ0v) is 22.5. The van der Waals surface area contributed by atoms with Crippen molar-refractivity contribution in [2.45, 2.75) is 25.4 Å². The molecule has 1 aliphatic heterocycles. The minimum Gasteiger partial charge on any atom is -0.392 e. The number of halogens is 1. The number of ether oxygens (including phenoxy) is 1. The molecule has 0 saturated carbocycles. The summed E-state index contributed by atoms with van der Waals surface area (Å²) in [6.07, 6.45) is 4.74. The largest absolute Gasteiger partial charge is 0.414 e. The lowest BCUT2D eigenvalue weighted by Gasteiger charge is -2.33. The molecule has 194 valence electrons. The number of hydrogen-bond donors (Lipinski definition) is 1. The molecule has 1 aliphatic rings. The molecule has 5 aromatic rings. The number of aromatic nitrogens is 4. The SMILES string of the molecule is O=C(NC1CCN(c2ccncc2)CC1)Oc1cc(-c2cccs2)nn1Cc1cc(-c2ccc(Cl)s2)on1. The molecule has 1 amide bonds. The van der Waals surface area contributed by atoms with Crippen molar-refractivity contribution in [2.75, 3.05) is 18.0 Å². The number of hydrogen-bond acceptors (Lipinski definition) is 9. The van der Waals surface area contributed by atoms with Gasteiger partial charge in [0, 0.05) is 49.3 Å². The van der Waals surface area contributed by atoms with Gasteiger partial charge in [-0.2, -0.15) is 5.10 Å². The number of thiophene rings is 2. The first kappa shape index (κ1) is 24.7. The molecule has 1 saturated heterocycles. The van der Waals surface area contributed by atoms with Gasteiger partial charge in [-0.1, -0.05) is 22.8 Å². The number of amides is 1. The summed E-state index contributed by atoms with van der Waals surface area (Å²) in [7, 11) is 0. The van der Waals surface area contributed by atoms with Gasteiger partial charge in [0.25, 0.3) is 0 Å². The summed E-state index contributed by atoms with van der Waals surface area (Å²) in [5.74, 6) is 0.963. The van der Waals surface area contributed by atoms with Gasteiger partial charge in [0.05, 0.1) is 20.6 Å². The number of carbonyl (C=O) groups is 1. The molecule has 9 nitrogen and oxygen atoms in total. The number of carbonyl (C=O) groups excluding carboxylic acids is 1. The maximum absolute atomic E-state index is 12.9. The van der Waals surface area contributed by atoms with Crippen LogP contribution in [0.25, 0.3) is 21.2 Å². The molecule has 1 fully saturated rings. The third-order valence-electron chi connectivity index (χ3n) is 6.25. The Kier molecular flexibility index (Phi) is 7.12. The number of nitrogens with one attached hydrogen (secondary N) is 1. The molecule has 5 aromatic heterocycles. The summed E-state index contributed by atoms with van der Waals surface area (Å²) in [5.41, 5.74) is 2.52. The Labute approximate surface area is 231 Å². The van der Waals surface area contributed by atoms with Crippen LogP contribution in [-0.4, -0.2) is 45.1 Å². The van der Waals surface area contributed by atoms with E-state index in [1.54, 1.807) is 34.5 Å². The second-order valence-electron chi connectivity index (χ2n) is 8.79. The summed E-state index contributed by atoms with van der Waals surface area (Å²) in [4.78, 5) is 21.1. The van der Waals surface area contributed by atoms with Crippen LogP contribution in [-0.2, 0) is 6.54 Å². The van der Waals surface area contributed by atoms with Crippen LogP contribution < -0.4 is 15.0 Å². The topological polar surface area (TPSA) is 98.3 Å². The molecular weight excluding hydrogens is 544 g/mol. The summed E-state index contributed by atoms with van der Waals surface area (Å²) < 4.78 is 13.6. The molecule has 6 rings (SSSR count). The van der Waals surface area contributed by atoms with E-state index in [4.69, 9.17) is 20.9 Å². The zero-order valence-electron chi connectivity index (χ0n) is 20.1. The van der Waals surface area contributed by atoms with Gasteiger partial charge in [-0.15, -0.1) is 22.7 Å². The molecule has 38 heavy (non-hydrogen) atoms. The van der Waals surface area contributed by atoms with Crippen molar-refractivity contribution in [1.82, 2.24) is 25.2 Å². The van der Waals surface area contributed by atoms with E-state index in [2.05, 4.69) is 25.5 Å². The van der Waals surface area contributed by atoms with Gasteiger partial charge in [-0.25, -0.2) is 9.48 Å². The van der Waals surface area contributed by atoms with Crippen molar-refractivity contribution in [2.24, 2.45) is 0 Å². The van der Waals surface area contributed by atoms with E-state index >= 15 is 0 Å². The lowest BCUT2D eigenvalue weighted by molar-refractivity contribution is 0.189. The Morgan fingerprint density at radius 2 is 1.97 bits per heavy atom. The second kappa shape index (κ2) is 11.0. The minimum absolute atomic E-state index is 0.0319. The second-order valence-corrected chi connectivity index (χ2v) is 11.5. The standard InChI is InChI=1S/C26H23ClN6O3S2/c27-24-4-3-23(38-24)21-14-18(31-36-21)16-33-25(15-20(30-33)22-2-1-13-37-22)35-26(34)29-17-7-11-32(12-8-17)19-5-9-28-10-6-19/h1-6,9-10,13-15,17H,7-8,11-12,16H2,(H,29,34). The Morgan fingerprint density at radius 1 is 1.13 bits per heavy atom. The molecule has 0 bridgehead atoms. The molecule has 0 spiro atoms. The first-order valence-electron chi connectivity index (χ1n) is 12.1. The monoisotopic (exact) mass is 566 g/mol. The van der Waals surface area contributed by atoms with Gasteiger partial charge < -0.3 is 19.5 Å². The fraction of sp³-hybridized carbons (Fsp3) is 0.231. The molecule has 6 heterocycles. The van der Waals surface area contributed by atoms with E-state index in [0.29, 0.717) is 21.7 Å². The predicted molar refractivity (Wildman–Crippen MR) is 148 cm³/mol. The van der Waals surface area contributed by atoms with Crippen LogP contribution in [0, 0.1) is 0 Å². The zero-order chi connectivity index (χ0) is 25.9. The quantitative estimate of drug-likeness (QED) is 0.251. The van der Waals surface area contributed by atoms with Crippen molar-refractivity contribution >= 4 is 46.1 Å². The van der Waals surface area contributed by atoms with E-state index in [1.807, 2.05) is 47.8 Å². The van der Waals surface area contributed by atoms with E-state index in [-0.39, 0.29) is 12.6 Å². The Hall–Kier alpha value is -3.67. The van der Waals surface area contributed by atoms with Crippen LogP contribution in [0.4, 0.5) is 10.5 Å². The van der Waals surface area contributed by atoms with Crippen molar-refractivity contribution in [3.8, 4) is 27.1 Å². The number of piperidine rings is 1. The van der Waals surface area contributed by atoms with Gasteiger partial charge in [0.1, 0.15) is 11.4 Å². The van der Waals surface area contributed by atoms with Crippen LogP contribution in [0.5, 0.6) is 5.88 Å². The third-order valence-corrected chi connectivity index (χ3v) is 8.38. The molecular formula is C26H23ClN6O3S2. The van der Waals surface area contributed by atoms with Crippen LogP contribution >= 0.6 is 34.3 Å². The van der Waals surface area contributed by atoms with Gasteiger partial charge in [-0.3, -0.25) is 4.98 Å². The van der Waals surface area contributed by atoms with Crippen LogP contribution in [0.2, 0.25) is 4.34 Å². The molecule has 0 aromatic carbocycles. The summed E-state index contributed by atoms with van der Waals surface area (Å²) >= 11 is 9.04. The first-order valence-corrected chi connectivity index (χ1v) is 14.1. The highest BCUT2D eigenvalue weighted by Gasteiger charge is 2.23. The molecule has 0 radical (unpaired) electrons. The van der Waals surface area contributed by atoms with Gasteiger partial charge >= 0.3 is 6.09 Å². The average molecular weight is 567 g/mol. The smallest absolute Gasteiger partial charge is 0.392 e. The molecule has 0 aliphatic carbocycles. The highest BCUT2D eigenvalue weighted by atomic mass is 35.5. The number of rotatable bonds is 7. The van der Waals surface area contributed by atoms with E-state index in [0.717, 1.165) is 47.1 Å². The van der Waals surface area contributed by atoms with E-state index < -0.39 is 6.09 Å². The highest BCUT2D eigenvalue weighted by Crippen LogP contribution is 2.32. The van der Waals surface area contributed by atoms with Gasteiger partial charge in [0.2, 0.25) is 5.88 Å². The first-order chi connectivity index (χ1) is 18.6. The van der Waals surface area contributed by atoms with Crippen molar-refractivity contribution in [1.29, 1.82) is 0 Å². The lowest BCUT2D eigenvalue weighted by atomic mass is 10.0. The maximum atomic E-state index is 12.9. The maximum Gasteiger partial charge on any atom is 0.414 e. The van der Waals surface area contributed by atoms with E-state index in [9.17, 15) is 4.79 Å². The molecule has 0 atom stereocenters. The fourth-order valence-electron chi connectivity index (χ4n) is 4.37. The number of pyridine rings is 1. The van der Waals surface area contributed by atoms with Crippen LogP contribution in [0.3, 0.4) is 0 Å². The van der Waals surface area contributed by atoms with Crippen molar-refractivity contribution in [3.63, 3.8) is 0 Å². The Morgan fingerprint density at radius 3 is 2.71 bits per heavy atom. The van der Waals surface area contributed by atoms with Crippen LogP contribution in [0.15, 0.2) is 70.8 Å². The lowest BCUT2D eigenvalue weighted by Crippen LogP contribution is -2.45. The fourth-order valence-corrected chi connectivity index (χ4v) is 6.04. The van der Waals surface area contributed by atoms with Crippen molar-refractivity contribution < 1.29 is 14.1 Å². The molecule has 0 unspecified atom stereocenters. The Bertz CT molecular complexity index is 1510. The Balaban J connectivity index is 1.13. The van der Waals surface area contributed by atoms with Gasteiger partial charge in [0.15, 0.2) is 5.76 Å². The number of anilines is 1. The summed E-state index contributed by atoms with van der Waals surface area (Å²) in [5, 5.41) is 13.9. The van der Waals surface area contributed by atoms with E-state index in [1.165, 1.54) is 11.3 Å². The minimum atomic E-state index is -0.500. The number of nitrogens with zero attached hydrogens (tertiary/aromatic N) is 5. The van der Waals surface area contributed by atoms with Gasteiger partial charge in [-0.05, 0) is 48.6 Å². The molecule has 1 N–H and O–H groups in total. The third kappa shape index (κ3) is 5.59. The predicted octanol–water partition coefficient (Wildman–Crippen LogP) is 6.18. The highest BCUT2D eigenvalue weighted by molar-refractivity contribution is 7.19. The van der Waals surface area contributed by atoms with Crippen LogP contribution in [0.1, 0.15) is 18.5 Å². The summed E-state index contributed by atoms with van der Waals surface area (Å²) in [6, 6.07) is 15.3.